The van der Waals surface area contributed by atoms with Gasteiger partial charge in [-0.1, -0.05) is 36.4 Å². The van der Waals surface area contributed by atoms with Gasteiger partial charge < -0.3 is 4.90 Å². The predicted octanol–water partition coefficient (Wildman–Crippen LogP) is 3.53. The highest BCUT2D eigenvalue weighted by atomic mass is 16.1. The molecule has 0 bridgehead atoms. The van der Waals surface area contributed by atoms with Crippen LogP contribution in [0.1, 0.15) is 12.8 Å². The van der Waals surface area contributed by atoms with E-state index in [1.165, 1.54) is 12.8 Å². The Kier molecular flexibility index (Phi) is 3.45. The average Bonchev–Trinajstić information content (AvgIpc) is 3.23. The fraction of sp³-hybridized carbons (Fsp3) is 0.190. The summed E-state index contributed by atoms with van der Waals surface area (Å²) in [6, 6.07) is 16.0. The summed E-state index contributed by atoms with van der Waals surface area (Å²) in [6.07, 6.45) is 5.82. The highest BCUT2D eigenvalue weighted by molar-refractivity contribution is 5.90. The number of benzene rings is 2. The summed E-state index contributed by atoms with van der Waals surface area (Å²) >= 11 is 0. The predicted molar refractivity (Wildman–Crippen MR) is 104 cm³/mol. The Morgan fingerprint density at radius 3 is 2.58 bits per heavy atom. The lowest BCUT2D eigenvalue weighted by Crippen LogP contribution is -2.22. The first-order valence-corrected chi connectivity index (χ1v) is 8.93. The Morgan fingerprint density at radius 2 is 1.69 bits per heavy atom. The smallest absolute Gasteiger partial charge is 0.266 e. The molecular formula is C21H18N4O. The van der Waals surface area contributed by atoms with Crippen molar-refractivity contribution >= 4 is 27.6 Å². The molecule has 0 radical (unpaired) electrons. The molecule has 2 aromatic carbocycles. The summed E-state index contributed by atoms with van der Waals surface area (Å²) in [5.41, 5.74) is 1.48. The number of nitrogens with zero attached hydrogens (tertiary/aromatic N) is 4. The lowest BCUT2D eigenvalue weighted by atomic mass is 10.1. The molecule has 1 fully saturated rings. The average molecular weight is 342 g/mol. The summed E-state index contributed by atoms with van der Waals surface area (Å²) in [4.78, 5) is 24.3. The molecule has 0 spiro atoms. The second-order valence-corrected chi connectivity index (χ2v) is 6.65. The van der Waals surface area contributed by atoms with Crippen molar-refractivity contribution in [3.63, 3.8) is 0 Å². The molecule has 1 saturated heterocycles. The van der Waals surface area contributed by atoms with Crippen LogP contribution in [0.2, 0.25) is 0 Å². The molecule has 0 atom stereocenters. The normalized spacial score (nSPS) is 14.4. The van der Waals surface area contributed by atoms with Gasteiger partial charge in [0.15, 0.2) is 0 Å². The quantitative estimate of drug-likeness (QED) is 0.559. The maximum absolute atomic E-state index is 13.1. The summed E-state index contributed by atoms with van der Waals surface area (Å²) in [5, 5.41) is 2.70. The Hall–Kier alpha value is -3.21. The summed E-state index contributed by atoms with van der Waals surface area (Å²) < 4.78 is 1.68. The highest BCUT2D eigenvalue weighted by Gasteiger charge is 2.16. The largest absolute Gasteiger partial charge is 0.341 e. The van der Waals surface area contributed by atoms with Gasteiger partial charge in [0.25, 0.3) is 5.56 Å². The van der Waals surface area contributed by atoms with Gasteiger partial charge in [-0.2, -0.15) is 0 Å². The number of hydrogen-bond acceptors (Lipinski definition) is 4. The van der Waals surface area contributed by atoms with Crippen molar-refractivity contribution in [1.29, 1.82) is 0 Å². The van der Waals surface area contributed by atoms with Crippen LogP contribution >= 0.6 is 0 Å². The standard InChI is InChI=1S/C21H18N4O/c26-20-17-14-22-21(24-11-3-4-12-24)23-18(17)10-13-25(20)19-9-5-7-15-6-1-2-8-16(15)19/h1-2,5-10,13-14H,3-4,11-12H2. The molecule has 128 valence electrons. The molecule has 4 aromatic rings. The van der Waals surface area contributed by atoms with E-state index in [4.69, 9.17) is 0 Å². The number of rotatable bonds is 2. The molecule has 0 unspecified atom stereocenters. The first kappa shape index (κ1) is 15.1. The number of hydrogen-bond donors (Lipinski definition) is 0. The van der Waals surface area contributed by atoms with Crippen molar-refractivity contribution in [2.45, 2.75) is 12.8 Å². The Balaban J connectivity index is 1.68. The molecular weight excluding hydrogens is 324 g/mol. The van der Waals surface area contributed by atoms with Gasteiger partial charge in [-0.05, 0) is 30.4 Å². The van der Waals surface area contributed by atoms with Gasteiger partial charge >= 0.3 is 0 Å². The van der Waals surface area contributed by atoms with Crippen LogP contribution in [0, 0.1) is 0 Å². The van der Waals surface area contributed by atoms with E-state index in [0.717, 1.165) is 35.5 Å². The van der Waals surface area contributed by atoms with Crippen molar-refractivity contribution in [1.82, 2.24) is 14.5 Å². The summed E-state index contributed by atoms with van der Waals surface area (Å²) in [7, 11) is 0. The molecule has 0 N–H and O–H groups in total. The van der Waals surface area contributed by atoms with Gasteiger partial charge in [-0.15, -0.1) is 0 Å². The molecule has 3 heterocycles. The van der Waals surface area contributed by atoms with Gasteiger partial charge in [-0.25, -0.2) is 9.97 Å². The van der Waals surface area contributed by atoms with Crippen LogP contribution in [0.4, 0.5) is 5.95 Å². The van der Waals surface area contributed by atoms with Crippen molar-refractivity contribution in [2.75, 3.05) is 18.0 Å². The third kappa shape index (κ3) is 2.36. The first-order valence-electron chi connectivity index (χ1n) is 8.93. The lowest BCUT2D eigenvalue weighted by molar-refractivity contribution is 0.904. The van der Waals surface area contributed by atoms with Crippen LogP contribution < -0.4 is 10.5 Å². The lowest BCUT2D eigenvalue weighted by Gasteiger charge is -2.15. The van der Waals surface area contributed by atoms with Crippen LogP contribution in [-0.4, -0.2) is 27.6 Å². The minimum Gasteiger partial charge on any atom is -0.341 e. The molecule has 5 rings (SSSR count). The maximum Gasteiger partial charge on any atom is 0.266 e. The fourth-order valence-corrected chi connectivity index (χ4v) is 3.70. The van der Waals surface area contributed by atoms with Crippen molar-refractivity contribution in [3.8, 4) is 5.69 Å². The van der Waals surface area contributed by atoms with E-state index in [-0.39, 0.29) is 5.56 Å². The Bertz CT molecular complexity index is 1170. The highest BCUT2D eigenvalue weighted by Crippen LogP contribution is 2.22. The second kappa shape index (κ2) is 5.95. The molecule has 2 aromatic heterocycles. The molecule has 0 aliphatic carbocycles. The molecule has 5 heteroatoms. The number of aromatic nitrogens is 3. The Morgan fingerprint density at radius 1 is 0.885 bits per heavy atom. The van der Waals surface area contributed by atoms with Gasteiger partial charge in [0, 0.05) is 30.9 Å². The minimum atomic E-state index is -0.0909. The third-order valence-electron chi connectivity index (χ3n) is 5.05. The second-order valence-electron chi connectivity index (χ2n) is 6.65. The van der Waals surface area contributed by atoms with Gasteiger partial charge in [0.05, 0.1) is 16.6 Å². The molecule has 1 aliphatic rings. The van der Waals surface area contributed by atoms with Crippen molar-refractivity contribution < 1.29 is 0 Å². The van der Waals surface area contributed by atoms with E-state index in [1.807, 2.05) is 42.6 Å². The van der Waals surface area contributed by atoms with Crippen LogP contribution in [0.3, 0.4) is 0 Å². The molecule has 0 saturated carbocycles. The third-order valence-corrected chi connectivity index (χ3v) is 5.05. The zero-order valence-corrected chi connectivity index (χ0v) is 14.3. The van der Waals surface area contributed by atoms with Crippen molar-refractivity contribution in [2.24, 2.45) is 0 Å². The van der Waals surface area contributed by atoms with E-state index >= 15 is 0 Å². The van der Waals surface area contributed by atoms with Gasteiger partial charge in [0.1, 0.15) is 0 Å². The minimum absolute atomic E-state index is 0.0909. The fourth-order valence-electron chi connectivity index (χ4n) is 3.70. The van der Waals surface area contributed by atoms with E-state index < -0.39 is 0 Å². The van der Waals surface area contributed by atoms with Crippen molar-refractivity contribution in [3.05, 3.63) is 71.3 Å². The Labute approximate surface area is 150 Å². The molecule has 1 aliphatic heterocycles. The van der Waals surface area contributed by atoms with Crippen LogP contribution in [0.5, 0.6) is 0 Å². The van der Waals surface area contributed by atoms with Crippen LogP contribution in [0.15, 0.2) is 65.7 Å². The van der Waals surface area contributed by atoms with E-state index in [0.29, 0.717) is 10.9 Å². The van der Waals surface area contributed by atoms with Gasteiger partial charge in [0.2, 0.25) is 5.95 Å². The topological polar surface area (TPSA) is 51.0 Å². The zero-order valence-electron chi connectivity index (χ0n) is 14.3. The van der Waals surface area contributed by atoms with Gasteiger partial charge in [-0.3, -0.25) is 9.36 Å². The summed E-state index contributed by atoms with van der Waals surface area (Å²) in [6.45, 7) is 1.97. The van der Waals surface area contributed by atoms with E-state index in [2.05, 4.69) is 27.0 Å². The SMILES string of the molecule is O=c1c2cnc(N3CCCC3)nc2ccn1-c1cccc2ccccc12. The van der Waals surface area contributed by atoms with Crippen LogP contribution in [0.25, 0.3) is 27.4 Å². The molecule has 26 heavy (non-hydrogen) atoms. The first-order chi connectivity index (χ1) is 12.8. The zero-order chi connectivity index (χ0) is 17.5. The number of fused-ring (bicyclic) bond motifs is 2. The van der Waals surface area contributed by atoms with E-state index in [9.17, 15) is 4.79 Å². The monoisotopic (exact) mass is 342 g/mol. The molecule has 5 nitrogen and oxygen atoms in total. The summed E-state index contributed by atoms with van der Waals surface area (Å²) in [5.74, 6) is 0.720. The maximum atomic E-state index is 13.1. The van der Waals surface area contributed by atoms with Crippen LogP contribution in [-0.2, 0) is 0 Å². The number of pyridine rings is 1. The molecule has 0 amide bonds. The van der Waals surface area contributed by atoms with E-state index in [1.54, 1.807) is 10.8 Å². The number of anilines is 1.